The zero-order valence-corrected chi connectivity index (χ0v) is 22.7. The molecule has 0 bridgehead atoms. The van der Waals surface area contributed by atoms with E-state index in [0.717, 1.165) is 28.0 Å². The van der Waals surface area contributed by atoms with E-state index in [1.165, 1.54) is 53.1 Å². The summed E-state index contributed by atoms with van der Waals surface area (Å²) < 4.78 is 28.1. The number of carbonyl (C=O) groups excluding carboxylic acids is 3. The molecule has 3 unspecified atom stereocenters. The summed E-state index contributed by atoms with van der Waals surface area (Å²) in [7, 11) is 0. The number of imide groups is 1. The van der Waals surface area contributed by atoms with Crippen LogP contribution in [0.4, 0.5) is 20.2 Å². The second-order valence-corrected chi connectivity index (χ2v) is 11.8. The minimum atomic E-state index is -0.883. The molecule has 2 aliphatic rings. The van der Waals surface area contributed by atoms with Crippen LogP contribution in [-0.2, 0) is 20.9 Å². The maximum atomic E-state index is 13.8. The van der Waals surface area contributed by atoms with E-state index in [4.69, 9.17) is 11.6 Å². The second kappa shape index (κ2) is 10.3. The first kappa shape index (κ1) is 26.4. The summed E-state index contributed by atoms with van der Waals surface area (Å²) in [6.07, 6.45) is 0. The number of nitrogens with one attached hydrogen (secondary N) is 1. The van der Waals surface area contributed by atoms with E-state index in [-0.39, 0.29) is 12.2 Å². The van der Waals surface area contributed by atoms with E-state index in [9.17, 15) is 28.0 Å². The maximum Gasteiger partial charge on any atom is 0.308 e. The number of benzene rings is 3. The molecule has 40 heavy (non-hydrogen) atoms. The molecule has 1 saturated heterocycles. The van der Waals surface area contributed by atoms with Crippen molar-refractivity contribution in [2.45, 2.75) is 22.7 Å². The number of nitrogens with zero attached hydrogens (tertiary/aromatic N) is 2. The van der Waals surface area contributed by atoms with E-state index < -0.39 is 51.3 Å². The molecule has 0 radical (unpaired) electrons. The van der Waals surface area contributed by atoms with Gasteiger partial charge in [0.25, 0.3) is 0 Å². The largest absolute Gasteiger partial charge is 0.325 e. The Labute approximate surface area is 239 Å². The number of halogens is 3. The number of fused-ring (bicyclic) bond motifs is 2. The van der Waals surface area contributed by atoms with Crippen LogP contribution in [0, 0.1) is 17.6 Å². The van der Waals surface area contributed by atoms with Crippen LogP contribution in [0.15, 0.2) is 82.6 Å². The number of rotatable bonds is 5. The molecule has 3 heterocycles. The third kappa shape index (κ3) is 4.63. The minimum absolute atomic E-state index is 0.251. The van der Waals surface area contributed by atoms with Gasteiger partial charge in [0, 0.05) is 21.5 Å². The normalized spacial score (nSPS) is 19.9. The zero-order valence-electron chi connectivity index (χ0n) is 20.3. The van der Waals surface area contributed by atoms with Gasteiger partial charge in [-0.1, -0.05) is 46.8 Å². The van der Waals surface area contributed by atoms with Crippen molar-refractivity contribution < 1.29 is 23.2 Å². The topological polar surface area (TPSA) is 88.5 Å². The summed E-state index contributed by atoms with van der Waals surface area (Å²) in [5, 5.41) is 2.66. The van der Waals surface area contributed by atoms with Gasteiger partial charge in [-0.15, -0.1) is 0 Å². The summed E-state index contributed by atoms with van der Waals surface area (Å²) in [6.45, 7) is -0.344. The Kier molecular flexibility index (Phi) is 6.81. The summed E-state index contributed by atoms with van der Waals surface area (Å²) >= 11 is 8.10. The highest BCUT2D eigenvalue weighted by Gasteiger charge is 2.56. The van der Waals surface area contributed by atoms with Crippen molar-refractivity contribution in [1.82, 2.24) is 4.57 Å². The van der Waals surface area contributed by atoms with Gasteiger partial charge in [0.05, 0.1) is 16.6 Å². The molecule has 0 saturated carbocycles. The predicted molar refractivity (Wildman–Crippen MR) is 149 cm³/mol. The quantitative estimate of drug-likeness (QED) is 0.317. The fourth-order valence-electron chi connectivity index (χ4n) is 5.01. The molecule has 1 aromatic heterocycles. The van der Waals surface area contributed by atoms with Crippen molar-refractivity contribution in [3.63, 3.8) is 0 Å². The highest BCUT2D eigenvalue weighted by atomic mass is 35.5. The lowest BCUT2D eigenvalue weighted by Gasteiger charge is -2.30. The van der Waals surface area contributed by atoms with Crippen LogP contribution in [0.5, 0.6) is 0 Å². The maximum absolute atomic E-state index is 13.8. The van der Waals surface area contributed by atoms with Gasteiger partial charge < -0.3 is 5.32 Å². The SMILES string of the molecule is O=C(Cn1c2c(sc1=O)C(c1ccc(Cl)cc1)C1C(=O)N(c3ccc(F)cc3)C(=O)C1S2)Nc1ccc(F)cc1. The van der Waals surface area contributed by atoms with Gasteiger partial charge in [-0.2, -0.15) is 0 Å². The van der Waals surface area contributed by atoms with Gasteiger partial charge >= 0.3 is 4.87 Å². The van der Waals surface area contributed by atoms with Crippen LogP contribution in [0.2, 0.25) is 5.02 Å². The Bertz CT molecular complexity index is 1710. The van der Waals surface area contributed by atoms with Gasteiger partial charge in [0.2, 0.25) is 17.7 Å². The third-order valence-electron chi connectivity index (χ3n) is 6.79. The Morgan fingerprint density at radius 3 is 2.15 bits per heavy atom. The average molecular weight is 598 g/mol. The second-order valence-electron chi connectivity index (χ2n) is 9.26. The van der Waals surface area contributed by atoms with Crippen LogP contribution in [-0.4, -0.2) is 27.5 Å². The lowest BCUT2D eigenvalue weighted by molar-refractivity contribution is -0.122. The number of carbonyl (C=O) groups is 3. The molecule has 3 amide bonds. The van der Waals surface area contributed by atoms with Crippen LogP contribution in [0.1, 0.15) is 16.4 Å². The highest BCUT2D eigenvalue weighted by molar-refractivity contribution is 8.00. The van der Waals surface area contributed by atoms with Gasteiger partial charge in [-0.3, -0.25) is 23.7 Å². The van der Waals surface area contributed by atoms with Crippen LogP contribution < -0.4 is 15.1 Å². The summed E-state index contributed by atoms with van der Waals surface area (Å²) in [6, 6.07) is 17.1. The third-order valence-corrected chi connectivity index (χ3v) is 9.65. The lowest BCUT2D eigenvalue weighted by Crippen LogP contribution is -2.33. The van der Waals surface area contributed by atoms with Crippen molar-refractivity contribution in [3.05, 3.63) is 110 Å². The minimum Gasteiger partial charge on any atom is -0.325 e. The van der Waals surface area contributed by atoms with E-state index in [2.05, 4.69) is 5.32 Å². The predicted octanol–water partition coefficient (Wildman–Crippen LogP) is 5.28. The molecule has 202 valence electrons. The molecule has 1 N–H and O–H groups in total. The number of aromatic nitrogens is 1. The number of thiazole rings is 1. The van der Waals surface area contributed by atoms with Crippen molar-refractivity contribution >= 4 is 63.8 Å². The smallest absolute Gasteiger partial charge is 0.308 e. The van der Waals surface area contributed by atoms with Gasteiger partial charge in [0.1, 0.15) is 23.4 Å². The van der Waals surface area contributed by atoms with E-state index in [1.54, 1.807) is 24.3 Å². The number of hydrogen-bond acceptors (Lipinski definition) is 6. The molecule has 12 heteroatoms. The Balaban J connectivity index is 1.40. The van der Waals surface area contributed by atoms with Crippen LogP contribution in [0.25, 0.3) is 0 Å². The van der Waals surface area contributed by atoms with Crippen molar-refractivity contribution in [2.75, 3.05) is 10.2 Å². The fraction of sp³-hybridized carbons (Fsp3) is 0.143. The number of amides is 3. The van der Waals surface area contributed by atoms with E-state index >= 15 is 0 Å². The number of anilines is 2. The molecule has 7 nitrogen and oxygen atoms in total. The van der Waals surface area contributed by atoms with Crippen LogP contribution >= 0.6 is 34.7 Å². The standard InChI is InChI=1S/C28H18ClF2N3O4S2/c29-15-3-1-14(2-4-15)21-22-23(26(37)34(25(22)36)19-11-7-17(31)8-12-19)39-27-24(21)40-28(38)33(27)13-20(35)32-18-9-5-16(30)6-10-18/h1-12,21-23H,13H2,(H,32,35). The molecule has 4 aromatic rings. The molecule has 3 atom stereocenters. The van der Waals surface area contributed by atoms with Crippen LogP contribution in [0.3, 0.4) is 0 Å². The first-order chi connectivity index (χ1) is 19.2. The molecule has 0 spiro atoms. The molecule has 6 rings (SSSR count). The first-order valence-electron chi connectivity index (χ1n) is 12.1. The number of thioether (sulfide) groups is 1. The van der Waals surface area contributed by atoms with Crippen molar-refractivity contribution in [1.29, 1.82) is 0 Å². The monoisotopic (exact) mass is 597 g/mol. The Hall–Kier alpha value is -3.80. The molecule has 0 aliphatic carbocycles. The van der Waals surface area contributed by atoms with E-state index in [1.807, 2.05) is 0 Å². The van der Waals surface area contributed by atoms with Gasteiger partial charge in [0.15, 0.2) is 0 Å². The molecular formula is C28H18ClF2N3O4S2. The molecular weight excluding hydrogens is 580 g/mol. The van der Waals surface area contributed by atoms with Crippen molar-refractivity contribution in [3.8, 4) is 0 Å². The first-order valence-corrected chi connectivity index (χ1v) is 14.1. The molecule has 1 fully saturated rings. The summed E-state index contributed by atoms with van der Waals surface area (Å²) in [5.41, 5.74) is 1.30. The average Bonchev–Trinajstić information content (AvgIpc) is 3.37. The van der Waals surface area contributed by atoms with E-state index in [0.29, 0.717) is 26.2 Å². The number of hydrogen-bond donors (Lipinski definition) is 1. The molecule has 3 aromatic carbocycles. The summed E-state index contributed by atoms with van der Waals surface area (Å²) in [4.78, 5) is 54.7. The Morgan fingerprint density at radius 2 is 1.50 bits per heavy atom. The van der Waals surface area contributed by atoms with Gasteiger partial charge in [-0.25, -0.2) is 13.7 Å². The lowest BCUT2D eigenvalue weighted by atomic mass is 9.83. The zero-order chi connectivity index (χ0) is 28.1. The highest BCUT2D eigenvalue weighted by Crippen LogP contribution is 2.53. The molecule has 2 aliphatic heterocycles. The summed E-state index contributed by atoms with van der Waals surface area (Å²) in [5.74, 6) is -3.90. The van der Waals surface area contributed by atoms with Gasteiger partial charge in [-0.05, 0) is 66.2 Å². The fourth-order valence-corrected chi connectivity index (χ4v) is 7.91. The van der Waals surface area contributed by atoms with Crippen molar-refractivity contribution in [2.24, 2.45) is 5.92 Å². The Morgan fingerprint density at radius 1 is 0.875 bits per heavy atom.